The van der Waals surface area contributed by atoms with Crippen LogP contribution in [0.3, 0.4) is 0 Å². The van der Waals surface area contributed by atoms with Gasteiger partial charge in [0.25, 0.3) is 0 Å². The maximum atomic E-state index is 12.4. The van der Waals surface area contributed by atoms with Crippen molar-refractivity contribution in [2.75, 3.05) is 0 Å². The highest BCUT2D eigenvalue weighted by molar-refractivity contribution is 6.81. The van der Waals surface area contributed by atoms with Crippen molar-refractivity contribution in [1.82, 2.24) is 0 Å². The van der Waals surface area contributed by atoms with E-state index in [-0.39, 0.29) is 6.10 Å². The molecule has 0 aromatic heterocycles. The molecular formula is C18H26O4Si. The van der Waals surface area contributed by atoms with Gasteiger partial charge in [-0.05, 0) is 19.4 Å². The van der Waals surface area contributed by atoms with Crippen LogP contribution >= 0.6 is 0 Å². The van der Waals surface area contributed by atoms with E-state index in [4.69, 9.17) is 9.47 Å². The molecule has 23 heavy (non-hydrogen) atoms. The fourth-order valence-corrected chi connectivity index (χ4v) is 3.78. The summed E-state index contributed by atoms with van der Waals surface area (Å²) in [4.78, 5) is 23.7. The molecule has 0 heterocycles. The third-order valence-corrected chi connectivity index (χ3v) is 4.52. The molecular weight excluding hydrogens is 308 g/mol. The summed E-state index contributed by atoms with van der Waals surface area (Å²) >= 11 is 0. The second kappa shape index (κ2) is 8.11. The first-order valence-electron chi connectivity index (χ1n) is 7.72. The van der Waals surface area contributed by atoms with Gasteiger partial charge in [-0.25, -0.2) is 4.79 Å². The molecule has 0 fully saturated rings. The molecule has 0 aliphatic rings. The number of hydrogen-bond donors (Lipinski definition) is 0. The average molecular weight is 334 g/mol. The monoisotopic (exact) mass is 334 g/mol. The van der Waals surface area contributed by atoms with Crippen LogP contribution in [0.25, 0.3) is 0 Å². The second-order valence-corrected chi connectivity index (χ2v) is 11.8. The number of ether oxygens (including phenoxy) is 2. The Kier molecular flexibility index (Phi) is 6.75. The normalized spacial score (nSPS) is 14.8. The Morgan fingerprint density at radius 3 is 2.09 bits per heavy atom. The zero-order chi connectivity index (χ0) is 17.6. The molecule has 1 aromatic carbocycles. The minimum Gasteiger partial charge on any atom is -0.455 e. The fraction of sp³-hybridized carbons (Fsp3) is 0.444. The van der Waals surface area contributed by atoms with E-state index in [2.05, 4.69) is 25.3 Å². The summed E-state index contributed by atoms with van der Waals surface area (Å²) < 4.78 is 10.7. The maximum absolute atomic E-state index is 12.4. The molecule has 0 saturated heterocycles. The quantitative estimate of drug-likeness (QED) is 0.582. The van der Waals surface area contributed by atoms with Gasteiger partial charge < -0.3 is 9.47 Å². The molecule has 0 spiro atoms. The van der Waals surface area contributed by atoms with Crippen molar-refractivity contribution in [3.63, 3.8) is 0 Å². The number of carbonyl (C=O) groups excluding carboxylic acids is 2. The topological polar surface area (TPSA) is 52.6 Å². The summed E-state index contributed by atoms with van der Waals surface area (Å²) in [6, 6.07) is 8.90. The van der Waals surface area contributed by atoms with E-state index < -0.39 is 26.1 Å². The Bertz CT molecular complexity index is 572. The van der Waals surface area contributed by atoms with Crippen LogP contribution in [0.4, 0.5) is 0 Å². The van der Waals surface area contributed by atoms with E-state index in [1.165, 1.54) is 6.92 Å². The van der Waals surface area contributed by atoms with Gasteiger partial charge in [-0.15, -0.1) is 0 Å². The SMILES string of the molecule is CC(=O)O[C@H](C(=O)O[C@H](C)/C(C)=C/[Si](C)(C)C)c1ccccc1. The first-order chi connectivity index (χ1) is 10.6. The Morgan fingerprint density at radius 2 is 1.61 bits per heavy atom. The van der Waals surface area contributed by atoms with Crippen molar-refractivity contribution in [3.05, 3.63) is 47.2 Å². The summed E-state index contributed by atoms with van der Waals surface area (Å²) in [6.07, 6.45) is -1.38. The summed E-state index contributed by atoms with van der Waals surface area (Å²) in [5, 5.41) is 0. The zero-order valence-corrected chi connectivity index (χ0v) is 15.8. The van der Waals surface area contributed by atoms with E-state index in [1.807, 2.05) is 19.9 Å². The highest BCUT2D eigenvalue weighted by Crippen LogP contribution is 2.21. The van der Waals surface area contributed by atoms with Gasteiger partial charge in [-0.1, -0.05) is 55.7 Å². The lowest BCUT2D eigenvalue weighted by Crippen LogP contribution is -2.26. The van der Waals surface area contributed by atoms with Gasteiger partial charge in [0.1, 0.15) is 6.10 Å². The zero-order valence-electron chi connectivity index (χ0n) is 14.8. The third-order valence-electron chi connectivity index (χ3n) is 3.20. The standard InChI is InChI=1S/C18H26O4Si/c1-13(12-23(4,5)6)14(2)21-18(20)17(22-15(3)19)16-10-8-7-9-11-16/h7-12,14,17H,1-6H3/b13-12+/t14-,17+/m1/s1. The van der Waals surface area contributed by atoms with E-state index in [9.17, 15) is 9.59 Å². The molecule has 0 saturated carbocycles. The van der Waals surface area contributed by atoms with Gasteiger partial charge in [-0.3, -0.25) is 4.79 Å². The first kappa shape index (κ1) is 19.2. The van der Waals surface area contributed by atoms with Gasteiger partial charge in [-0.2, -0.15) is 0 Å². The summed E-state index contributed by atoms with van der Waals surface area (Å²) in [5.74, 6) is -1.07. The molecule has 1 aromatic rings. The molecule has 2 atom stereocenters. The van der Waals surface area contributed by atoms with Crippen molar-refractivity contribution in [2.45, 2.75) is 52.6 Å². The summed E-state index contributed by atoms with van der Waals surface area (Å²) in [6.45, 7) is 11.7. The van der Waals surface area contributed by atoms with E-state index in [0.717, 1.165) is 5.57 Å². The van der Waals surface area contributed by atoms with Gasteiger partial charge in [0.2, 0.25) is 6.10 Å². The highest BCUT2D eigenvalue weighted by Gasteiger charge is 2.27. The maximum Gasteiger partial charge on any atom is 0.352 e. The Labute approximate surface area is 139 Å². The van der Waals surface area contributed by atoms with Crippen LogP contribution in [-0.2, 0) is 19.1 Å². The predicted octanol–water partition coefficient (Wildman–Crippen LogP) is 4.05. The van der Waals surface area contributed by atoms with E-state index >= 15 is 0 Å². The molecule has 4 nitrogen and oxygen atoms in total. The summed E-state index contributed by atoms with van der Waals surface area (Å²) in [5.41, 5.74) is 3.83. The van der Waals surface area contributed by atoms with Gasteiger partial charge in [0.15, 0.2) is 0 Å². The lowest BCUT2D eigenvalue weighted by atomic mass is 10.1. The largest absolute Gasteiger partial charge is 0.455 e. The van der Waals surface area contributed by atoms with Crippen LogP contribution in [0, 0.1) is 0 Å². The van der Waals surface area contributed by atoms with Crippen LogP contribution < -0.4 is 0 Å². The number of esters is 2. The van der Waals surface area contributed by atoms with Crippen molar-refractivity contribution >= 4 is 20.0 Å². The minimum atomic E-state index is -1.39. The van der Waals surface area contributed by atoms with Crippen molar-refractivity contribution in [2.24, 2.45) is 0 Å². The molecule has 5 heteroatoms. The minimum absolute atomic E-state index is 0.351. The number of rotatable bonds is 6. The smallest absolute Gasteiger partial charge is 0.352 e. The number of benzene rings is 1. The van der Waals surface area contributed by atoms with Crippen LogP contribution in [0.5, 0.6) is 0 Å². The molecule has 1 rings (SSSR count). The molecule has 0 aliphatic heterocycles. The van der Waals surface area contributed by atoms with Crippen molar-refractivity contribution in [3.8, 4) is 0 Å². The average Bonchev–Trinajstić information content (AvgIpc) is 2.43. The third kappa shape index (κ3) is 6.82. The highest BCUT2D eigenvalue weighted by atomic mass is 28.3. The van der Waals surface area contributed by atoms with Crippen LogP contribution in [0.2, 0.25) is 19.6 Å². The first-order valence-corrected chi connectivity index (χ1v) is 11.3. The van der Waals surface area contributed by atoms with Gasteiger partial charge in [0, 0.05) is 12.5 Å². The number of hydrogen-bond acceptors (Lipinski definition) is 4. The Balaban J connectivity index is 2.90. The van der Waals surface area contributed by atoms with Crippen LogP contribution in [-0.4, -0.2) is 26.1 Å². The van der Waals surface area contributed by atoms with Crippen molar-refractivity contribution in [1.29, 1.82) is 0 Å². The molecule has 0 aliphatic carbocycles. The summed E-state index contributed by atoms with van der Waals surface area (Å²) in [7, 11) is -1.39. The van der Waals surface area contributed by atoms with E-state index in [0.29, 0.717) is 5.56 Å². The predicted molar refractivity (Wildman–Crippen MR) is 93.6 cm³/mol. The Hall–Kier alpha value is -1.88. The van der Waals surface area contributed by atoms with Crippen LogP contribution in [0.15, 0.2) is 41.6 Å². The second-order valence-electron chi connectivity index (χ2n) is 6.73. The number of carbonyl (C=O) groups is 2. The van der Waals surface area contributed by atoms with Gasteiger partial charge >= 0.3 is 11.9 Å². The van der Waals surface area contributed by atoms with Gasteiger partial charge in [0.05, 0.1) is 8.07 Å². The fourth-order valence-electron chi connectivity index (χ4n) is 2.18. The lowest BCUT2D eigenvalue weighted by Gasteiger charge is -2.21. The van der Waals surface area contributed by atoms with Crippen LogP contribution in [0.1, 0.15) is 32.4 Å². The molecule has 0 bridgehead atoms. The molecule has 0 amide bonds. The molecule has 0 N–H and O–H groups in total. The molecule has 0 unspecified atom stereocenters. The molecule has 126 valence electrons. The van der Waals surface area contributed by atoms with E-state index in [1.54, 1.807) is 24.3 Å². The Morgan fingerprint density at radius 1 is 1.04 bits per heavy atom. The molecule has 0 radical (unpaired) electrons. The van der Waals surface area contributed by atoms with Crippen molar-refractivity contribution < 1.29 is 19.1 Å². The lowest BCUT2D eigenvalue weighted by molar-refractivity contribution is -0.169.